The second-order valence-electron chi connectivity index (χ2n) is 6.23. The molecule has 132 valence electrons. The molecular formula is C17H22N6OS. The van der Waals surface area contributed by atoms with Crippen molar-refractivity contribution in [2.75, 3.05) is 24.1 Å². The highest BCUT2D eigenvalue weighted by Gasteiger charge is 2.20. The summed E-state index contributed by atoms with van der Waals surface area (Å²) in [5.74, 6) is 0.876. The summed E-state index contributed by atoms with van der Waals surface area (Å²) in [6.45, 7) is 5.78. The molecular weight excluding hydrogens is 336 g/mol. The van der Waals surface area contributed by atoms with Gasteiger partial charge in [-0.05, 0) is 20.3 Å². The highest BCUT2D eigenvalue weighted by molar-refractivity contribution is 7.13. The molecule has 1 aliphatic heterocycles. The lowest BCUT2D eigenvalue weighted by molar-refractivity contribution is -0.125. The van der Waals surface area contributed by atoms with Crippen molar-refractivity contribution in [2.24, 2.45) is 0 Å². The largest absolute Gasteiger partial charge is 0.375 e. The van der Waals surface area contributed by atoms with Crippen molar-refractivity contribution < 1.29 is 4.79 Å². The molecule has 0 bridgehead atoms. The standard InChI is InChI=1S/C17H22N6OS/c1-11(2)7-15(24)23-5-3-13-14(4-6-23)20-10-21-16(13)19-8-12-9-25-17(18)22-12/h7,9-10H,3-6,8H2,1-2H3,(H2,18,22)(H,19,20,21). The molecule has 0 saturated carbocycles. The van der Waals surface area contributed by atoms with E-state index in [9.17, 15) is 4.79 Å². The topological polar surface area (TPSA) is 97.0 Å². The Morgan fingerprint density at radius 1 is 1.36 bits per heavy atom. The Morgan fingerprint density at radius 2 is 2.16 bits per heavy atom. The maximum atomic E-state index is 12.3. The van der Waals surface area contributed by atoms with Crippen LogP contribution in [0, 0.1) is 0 Å². The summed E-state index contributed by atoms with van der Waals surface area (Å²) >= 11 is 1.42. The number of hydrogen-bond acceptors (Lipinski definition) is 7. The van der Waals surface area contributed by atoms with Crippen molar-refractivity contribution in [3.63, 3.8) is 0 Å². The Hall–Kier alpha value is -2.48. The van der Waals surface area contributed by atoms with E-state index in [2.05, 4.69) is 20.3 Å². The number of nitrogens with one attached hydrogen (secondary N) is 1. The predicted octanol–water partition coefficient (Wildman–Crippen LogP) is 2.02. The van der Waals surface area contributed by atoms with Crippen LogP contribution in [-0.2, 0) is 24.2 Å². The van der Waals surface area contributed by atoms with E-state index >= 15 is 0 Å². The zero-order valence-electron chi connectivity index (χ0n) is 14.5. The van der Waals surface area contributed by atoms with Crippen molar-refractivity contribution in [3.8, 4) is 0 Å². The number of carbonyl (C=O) groups excluding carboxylic acids is 1. The van der Waals surface area contributed by atoms with Gasteiger partial charge in [-0.3, -0.25) is 4.79 Å². The van der Waals surface area contributed by atoms with Gasteiger partial charge in [0.15, 0.2) is 5.13 Å². The van der Waals surface area contributed by atoms with Gasteiger partial charge in [-0.2, -0.15) is 0 Å². The SMILES string of the molecule is CC(C)=CC(=O)N1CCc2ncnc(NCc3csc(N)n3)c2CC1. The molecule has 2 aromatic rings. The van der Waals surface area contributed by atoms with Crippen molar-refractivity contribution in [1.29, 1.82) is 0 Å². The summed E-state index contributed by atoms with van der Waals surface area (Å²) < 4.78 is 0. The number of nitrogen functional groups attached to an aromatic ring is 1. The first-order chi connectivity index (χ1) is 12.0. The minimum Gasteiger partial charge on any atom is -0.375 e. The molecule has 0 aliphatic carbocycles. The minimum atomic E-state index is 0.0632. The molecule has 0 aromatic carbocycles. The summed E-state index contributed by atoms with van der Waals surface area (Å²) in [7, 11) is 0. The molecule has 0 unspecified atom stereocenters. The third kappa shape index (κ3) is 4.33. The Balaban J connectivity index is 1.72. The van der Waals surface area contributed by atoms with E-state index in [1.807, 2.05) is 24.1 Å². The Bertz CT molecular complexity index is 796. The molecule has 1 aliphatic rings. The van der Waals surface area contributed by atoms with Gasteiger partial charge in [0, 0.05) is 36.5 Å². The van der Waals surface area contributed by atoms with Crippen molar-refractivity contribution in [3.05, 3.63) is 40.3 Å². The van der Waals surface area contributed by atoms with E-state index in [1.54, 1.807) is 12.4 Å². The summed E-state index contributed by atoms with van der Waals surface area (Å²) in [5.41, 5.74) is 9.66. The Kier molecular flexibility index (Phi) is 5.28. The monoisotopic (exact) mass is 358 g/mol. The summed E-state index contributed by atoms with van der Waals surface area (Å²) in [5, 5.41) is 5.82. The quantitative estimate of drug-likeness (QED) is 0.812. The summed E-state index contributed by atoms with van der Waals surface area (Å²) in [4.78, 5) is 27.2. The molecule has 0 spiro atoms. The number of fused-ring (bicyclic) bond motifs is 1. The van der Waals surface area contributed by atoms with Gasteiger partial charge in [0.25, 0.3) is 0 Å². The first kappa shape index (κ1) is 17.3. The zero-order valence-corrected chi connectivity index (χ0v) is 15.3. The van der Waals surface area contributed by atoms with Gasteiger partial charge in [0.05, 0.1) is 17.9 Å². The average molecular weight is 358 g/mol. The van der Waals surface area contributed by atoms with Gasteiger partial charge in [-0.1, -0.05) is 5.57 Å². The molecule has 3 rings (SSSR count). The lowest BCUT2D eigenvalue weighted by Crippen LogP contribution is -2.32. The minimum absolute atomic E-state index is 0.0632. The van der Waals surface area contributed by atoms with E-state index in [1.165, 1.54) is 11.3 Å². The van der Waals surface area contributed by atoms with Crippen LogP contribution in [0.5, 0.6) is 0 Å². The van der Waals surface area contributed by atoms with E-state index in [0.29, 0.717) is 24.8 Å². The molecule has 7 nitrogen and oxygen atoms in total. The molecule has 0 saturated heterocycles. The number of anilines is 2. The lowest BCUT2D eigenvalue weighted by Gasteiger charge is -2.18. The molecule has 8 heteroatoms. The van der Waals surface area contributed by atoms with Gasteiger partial charge >= 0.3 is 0 Å². The number of rotatable bonds is 4. The highest BCUT2D eigenvalue weighted by Crippen LogP contribution is 2.21. The van der Waals surface area contributed by atoms with Gasteiger partial charge in [-0.15, -0.1) is 11.3 Å². The summed E-state index contributed by atoms with van der Waals surface area (Å²) in [6.07, 6.45) is 4.73. The van der Waals surface area contributed by atoms with E-state index in [-0.39, 0.29) is 5.91 Å². The second-order valence-corrected chi connectivity index (χ2v) is 7.11. The normalized spacial score (nSPS) is 13.8. The average Bonchev–Trinajstić information content (AvgIpc) is 2.86. The Morgan fingerprint density at radius 3 is 2.88 bits per heavy atom. The van der Waals surface area contributed by atoms with Crippen molar-refractivity contribution in [1.82, 2.24) is 19.9 Å². The Labute approximate surface area is 151 Å². The number of nitrogens with two attached hydrogens (primary N) is 1. The maximum absolute atomic E-state index is 12.3. The number of thiazole rings is 1. The number of allylic oxidation sites excluding steroid dienone is 1. The fourth-order valence-electron chi connectivity index (χ4n) is 2.82. The predicted molar refractivity (Wildman–Crippen MR) is 99.3 cm³/mol. The molecule has 1 amide bonds. The number of nitrogens with zero attached hydrogens (tertiary/aromatic N) is 4. The van der Waals surface area contributed by atoms with Crippen molar-refractivity contribution >= 4 is 28.2 Å². The van der Waals surface area contributed by atoms with Crippen LogP contribution in [0.25, 0.3) is 0 Å². The van der Waals surface area contributed by atoms with Crippen LogP contribution in [0.2, 0.25) is 0 Å². The fourth-order valence-corrected chi connectivity index (χ4v) is 3.38. The molecule has 25 heavy (non-hydrogen) atoms. The van der Waals surface area contributed by atoms with Gasteiger partial charge in [0.1, 0.15) is 12.1 Å². The van der Waals surface area contributed by atoms with Crippen LogP contribution >= 0.6 is 11.3 Å². The van der Waals surface area contributed by atoms with E-state index in [0.717, 1.165) is 41.2 Å². The highest BCUT2D eigenvalue weighted by atomic mass is 32.1. The number of hydrogen-bond donors (Lipinski definition) is 2. The lowest BCUT2D eigenvalue weighted by atomic mass is 10.1. The van der Waals surface area contributed by atoms with Gasteiger partial charge in [0.2, 0.25) is 5.91 Å². The first-order valence-corrected chi connectivity index (χ1v) is 9.11. The third-order valence-corrected chi connectivity index (χ3v) is 4.74. The van der Waals surface area contributed by atoms with Gasteiger partial charge < -0.3 is 16.0 Å². The maximum Gasteiger partial charge on any atom is 0.246 e. The molecule has 0 radical (unpaired) electrons. The third-order valence-electron chi connectivity index (χ3n) is 4.02. The molecule has 3 heterocycles. The van der Waals surface area contributed by atoms with Crippen LogP contribution < -0.4 is 11.1 Å². The smallest absolute Gasteiger partial charge is 0.246 e. The summed E-state index contributed by atoms with van der Waals surface area (Å²) in [6, 6.07) is 0. The van der Waals surface area contributed by atoms with Crippen LogP contribution in [0.3, 0.4) is 0 Å². The van der Waals surface area contributed by atoms with E-state index < -0.39 is 0 Å². The van der Waals surface area contributed by atoms with E-state index in [4.69, 9.17) is 5.73 Å². The van der Waals surface area contributed by atoms with Crippen LogP contribution in [-0.4, -0.2) is 38.8 Å². The van der Waals surface area contributed by atoms with Crippen LogP contribution in [0.1, 0.15) is 30.8 Å². The zero-order chi connectivity index (χ0) is 17.8. The number of amides is 1. The molecule has 3 N–H and O–H groups in total. The van der Waals surface area contributed by atoms with Gasteiger partial charge in [-0.25, -0.2) is 15.0 Å². The first-order valence-electron chi connectivity index (χ1n) is 8.23. The molecule has 2 aromatic heterocycles. The van der Waals surface area contributed by atoms with Crippen LogP contribution in [0.15, 0.2) is 23.4 Å². The number of aromatic nitrogens is 3. The molecule has 0 atom stereocenters. The van der Waals surface area contributed by atoms with Crippen LogP contribution in [0.4, 0.5) is 10.9 Å². The van der Waals surface area contributed by atoms with Crippen molar-refractivity contribution in [2.45, 2.75) is 33.2 Å². The second kappa shape index (κ2) is 7.60. The fraction of sp³-hybridized carbons (Fsp3) is 0.412. The number of carbonyl (C=O) groups is 1. The molecule has 0 fully saturated rings.